The number of esters is 1. The second kappa shape index (κ2) is 7.40. The van der Waals surface area contributed by atoms with Crippen molar-refractivity contribution in [3.8, 4) is 0 Å². The lowest BCUT2D eigenvalue weighted by Crippen LogP contribution is -2.26. The summed E-state index contributed by atoms with van der Waals surface area (Å²) in [6.07, 6.45) is 0.958. The van der Waals surface area contributed by atoms with Crippen molar-refractivity contribution in [3.63, 3.8) is 0 Å². The number of carbonyl (C=O) groups excluding carboxylic acids is 2. The molecule has 1 heterocycles. The van der Waals surface area contributed by atoms with Crippen molar-refractivity contribution in [1.29, 1.82) is 0 Å². The van der Waals surface area contributed by atoms with Crippen LogP contribution in [0, 0.1) is 5.82 Å². The number of amides is 1. The van der Waals surface area contributed by atoms with E-state index in [0.29, 0.717) is 5.56 Å². The summed E-state index contributed by atoms with van der Waals surface area (Å²) in [4.78, 5) is 23.3. The van der Waals surface area contributed by atoms with Crippen molar-refractivity contribution in [2.24, 2.45) is 0 Å². The SMILES string of the molecule is C[C@H](OC(=O)CCNC(=O)c1ccco1)c1ccc(F)cc1. The Balaban J connectivity index is 1.73. The Bertz CT molecular complexity index is 622. The van der Waals surface area contributed by atoms with E-state index >= 15 is 0 Å². The van der Waals surface area contributed by atoms with Crippen molar-refractivity contribution in [3.05, 3.63) is 59.8 Å². The normalized spacial score (nSPS) is 11.7. The lowest BCUT2D eigenvalue weighted by Gasteiger charge is -2.13. The van der Waals surface area contributed by atoms with Gasteiger partial charge in [-0.2, -0.15) is 0 Å². The number of benzene rings is 1. The third-order valence-corrected chi connectivity index (χ3v) is 3.01. The second-order valence-electron chi connectivity index (χ2n) is 4.67. The zero-order chi connectivity index (χ0) is 15.9. The molecule has 0 aliphatic carbocycles. The Kier molecular flexibility index (Phi) is 5.30. The number of rotatable bonds is 6. The fourth-order valence-corrected chi connectivity index (χ4v) is 1.83. The van der Waals surface area contributed by atoms with E-state index in [1.54, 1.807) is 25.1 Å². The average Bonchev–Trinajstić information content (AvgIpc) is 3.02. The van der Waals surface area contributed by atoms with Crippen LogP contribution in [0.2, 0.25) is 0 Å². The molecule has 0 saturated carbocycles. The first-order valence-electron chi connectivity index (χ1n) is 6.83. The lowest BCUT2D eigenvalue weighted by atomic mass is 10.1. The van der Waals surface area contributed by atoms with Crippen LogP contribution in [0.1, 0.15) is 35.6 Å². The second-order valence-corrected chi connectivity index (χ2v) is 4.67. The smallest absolute Gasteiger partial charge is 0.308 e. The van der Waals surface area contributed by atoms with Crippen LogP contribution in [0.5, 0.6) is 0 Å². The maximum atomic E-state index is 12.8. The maximum Gasteiger partial charge on any atom is 0.308 e. The van der Waals surface area contributed by atoms with Gasteiger partial charge >= 0.3 is 5.97 Å². The van der Waals surface area contributed by atoms with Gasteiger partial charge in [-0.3, -0.25) is 9.59 Å². The molecular formula is C16H16FNO4. The van der Waals surface area contributed by atoms with Gasteiger partial charge in [-0.15, -0.1) is 0 Å². The lowest BCUT2D eigenvalue weighted by molar-refractivity contribution is -0.148. The van der Waals surface area contributed by atoms with E-state index < -0.39 is 12.1 Å². The van der Waals surface area contributed by atoms with Gasteiger partial charge in [0.15, 0.2) is 5.76 Å². The molecule has 0 fully saturated rings. The van der Waals surface area contributed by atoms with Crippen molar-refractivity contribution < 1.29 is 23.1 Å². The maximum absolute atomic E-state index is 12.8. The topological polar surface area (TPSA) is 68.5 Å². The molecule has 0 bridgehead atoms. The summed E-state index contributed by atoms with van der Waals surface area (Å²) in [6.45, 7) is 1.85. The summed E-state index contributed by atoms with van der Waals surface area (Å²) in [5.74, 6) is -0.989. The van der Waals surface area contributed by atoms with E-state index in [0.717, 1.165) is 0 Å². The van der Waals surface area contributed by atoms with Crippen LogP contribution < -0.4 is 5.32 Å². The molecule has 1 aromatic carbocycles. The number of halogens is 1. The molecule has 5 nitrogen and oxygen atoms in total. The minimum atomic E-state index is -0.478. The molecule has 1 atom stereocenters. The minimum absolute atomic E-state index is 0.0397. The molecule has 6 heteroatoms. The highest BCUT2D eigenvalue weighted by Gasteiger charge is 2.13. The van der Waals surface area contributed by atoms with Gasteiger partial charge < -0.3 is 14.5 Å². The highest BCUT2D eigenvalue weighted by molar-refractivity contribution is 5.91. The van der Waals surface area contributed by atoms with Gasteiger partial charge in [0.1, 0.15) is 11.9 Å². The predicted molar refractivity (Wildman–Crippen MR) is 76.6 cm³/mol. The van der Waals surface area contributed by atoms with E-state index in [4.69, 9.17) is 9.15 Å². The van der Waals surface area contributed by atoms with Crippen LogP contribution in [0.15, 0.2) is 47.1 Å². The summed E-state index contributed by atoms with van der Waals surface area (Å²) in [7, 11) is 0. The van der Waals surface area contributed by atoms with Gasteiger partial charge in [0, 0.05) is 6.54 Å². The van der Waals surface area contributed by atoms with Crippen LogP contribution in [-0.4, -0.2) is 18.4 Å². The molecule has 0 radical (unpaired) electrons. The van der Waals surface area contributed by atoms with Crippen LogP contribution in [0.3, 0.4) is 0 Å². The van der Waals surface area contributed by atoms with E-state index in [1.165, 1.54) is 24.5 Å². The number of nitrogens with one attached hydrogen (secondary N) is 1. The molecule has 1 amide bonds. The molecular weight excluding hydrogens is 289 g/mol. The Morgan fingerprint density at radius 2 is 2.00 bits per heavy atom. The quantitative estimate of drug-likeness (QED) is 0.833. The van der Waals surface area contributed by atoms with E-state index in [-0.39, 0.29) is 30.5 Å². The minimum Gasteiger partial charge on any atom is -0.459 e. The van der Waals surface area contributed by atoms with Gasteiger partial charge in [0.05, 0.1) is 12.7 Å². The van der Waals surface area contributed by atoms with Gasteiger partial charge in [-0.25, -0.2) is 4.39 Å². The zero-order valence-electron chi connectivity index (χ0n) is 12.0. The van der Waals surface area contributed by atoms with Crippen molar-refractivity contribution in [2.75, 3.05) is 6.54 Å². The average molecular weight is 305 g/mol. The van der Waals surface area contributed by atoms with Gasteiger partial charge in [-0.1, -0.05) is 12.1 Å². The molecule has 1 aromatic heterocycles. The van der Waals surface area contributed by atoms with Crippen molar-refractivity contribution in [2.45, 2.75) is 19.4 Å². The molecule has 0 unspecified atom stereocenters. The fourth-order valence-electron chi connectivity index (χ4n) is 1.83. The standard InChI is InChI=1S/C16H16FNO4/c1-11(12-4-6-13(17)7-5-12)22-15(19)8-9-18-16(20)14-3-2-10-21-14/h2-7,10-11H,8-9H2,1H3,(H,18,20)/t11-/m0/s1. The first-order chi connectivity index (χ1) is 10.6. The van der Waals surface area contributed by atoms with Crippen molar-refractivity contribution in [1.82, 2.24) is 5.32 Å². The van der Waals surface area contributed by atoms with Crippen LogP contribution in [0.25, 0.3) is 0 Å². The van der Waals surface area contributed by atoms with E-state index in [1.807, 2.05) is 0 Å². The summed E-state index contributed by atoms with van der Waals surface area (Å²) >= 11 is 0. The number of carbonyl (C=O) groups is 2. The molecule has 0 spiro atoms. The number of hydrogen-bond acceptors (Lipinski definition) is 4. The fraction of sp³-hybridized carbons (Fsp3) is 0.250. The third-order valence-electron chi connectivity index (χ3n) is 3.01. The molecule has 0 aliphatic heterocycles. The van der Waals surface area contributed by atoms with Crippen LogP contribution >= 0.6 is 0 Å². The van der Waals surface area contributed by atoms with Crippen molar-refractivity contribution >= 4 is 11.9 Å². The van der Waals surface area contributed by atoms with Gasteiger partial charge in [0.25, 0.3) is 5.91 Å². The predicted octanol–water partition coefficient (Wildman–Crippen LogP) is 2.84. The Morgan fingerprint density at radius 3 is 2.64 bits per heavy atom. The summed E-state index contributed by atoms with van der Waals surface area (Å²) in [6, 6.07) is 8.88. The summed E-state index contributed by atoms with van der Waals surface area (Å²) < 4.78 is 23.0. The van der Waals surface area contributed by atoms with Crippen LogP contribution in [-0.2, 0) is 9.53 Å². The molecule has 2 rings (SSSR count). The largest absolute Gasteiger partial charge is 0.459 e. The molecule has 0 aliphatic rings. The van der Waals surface area contributed by atoms with Gasteiger partial charge in [0.2, 0.25) is 0 Å². The van der Waals surface area contributed by atoms with Gasteiger partial charge in [-0.05, 0) is 36.8 Å². The monoisotopic (exact) mass is 305 g/mol. The number of furan rings is 1. The first-order valence-corrected chi connectivity index (χ1v) is 6.83. The Hall–Kier alpha value is -2.63. The summed E-state index contributed by atoms with van der Waals surface area (Å²) in [5.41, 5.74) is 0.703. The molecule has 22 heavy (non-hydrogen) atoms. The highest BCUT2D eigenvalue weighted by atomic mass is 19.1. The molecule has 1 N–H and O–H groups in total. The molecule has 0 saturated heterocycles. The van der Waals surface area contributed by atoms with E-state index in [9.17, 15) is 14.0 Å². The number of hydrogen-bond donors (Lipinski definition) is 1. The zero-order valence-corrected chi connectivity index (χ0v) is 12.0. The molecule has 2 aromatic rings. The van der Waals surface area contributed by atoms with E-state index in [2.05, 4.69) is 5.32 Å². The summed E-state index contributed by atoms with van der Waals surface area (Å²) in [5, 5.41) is 2.55. The Morgan fingerprint density at radius 1 is 1.27 bits per heavy atom. The van der Waals surface area contributed by atoms with Crippen LogP contribution in [0.4, 0.5) is 4.39 Å². The molecule has 116 valence electrons. The number of ether oxygens (including phenoxy) is 1. The highest BCUT2D eigenvalue weighted by Crippen LogP contribution is 2.17. The third kappa shape index (κ3) is 4.44. The first kappa shape index (κ1) is 15.8. The Labute approximate surface area is 127 Å².